The molecule has 9 aromatic rings. The summed E-state index contributed by atoms with van der Waals surface area (Å²) in [5, 5.41) is 2.58. The summed E-state index contributed by atoms with van der Waals surface area (Å²) in [6.45, 7) is 0. The third-order valence-electron chi connectivity index (χ3n) is 8.96. The van der Waals surface area contributed by atoms with E-state index in [1.807, 2.05) is 41.8 Å². The predicted molar refractivity (Wildman–Crippen MR) is 205 cm³/mol. The third kappa shape index (κ3) is 5.58. The summed E-state index contributed by atoms with van der Waals surface area (Å²) >= 11 is 1.86. The maximum atomic E-state index is 5.23. The Morgan fingerprint density at radius 2 is 1.00 bits per heavy atom. The van der Waals surface area contributed by atoms with Gasteiger partial charge in [-0.15, -0.1) is 11.3 Å². The van der Waals surface area contributed by atoms with Gasteiger partial charge in [0.15, 0.2) is 5.82 Å². The van der Waals surface area contributed by atoms with Gasteiger partial charge in [0, 0.05) is 54.8 Å². The van der Waals surface area contributed by atoms with E-state index in [0.29, 0.717) is 5.82 Å². The van der Waals surface area contributed by atoms with Crippen LogP contribution in [-0.4, -0.2) is 15.0 Å². The zero-order valence-corrected chi connectivity index (χ0v) is 27.3. The second-order valence-electron chi connectivity index (χ2n) is 12.1. The average molecular weight is 644 g/mol. The molecule has 0 amide bonds. The fraction of sp³-hybridized carbons (Fsp3) is 0. The highest BCUT2D eigenvalue weighted by Crippen LogP contribution is 2.42. The topological polar surface area (TPSA) is 38.7 Å². The van der Waals surface area contributed by atoms with Crippen molar-refractivity contribution >= 4 is 31.5 Å². The van der Waals surface area contributed by atoms with Gasteiger partial charge in [0.2, 0.25) is 0 Å². The van der Waals surface area contributed by atoms with Crippen LogP contribution in [0.25, 0.3) is 87.5 Å². The van der Waals surface area contributed by atoms with Gasteiger partial charge in [-0.2, -0.15) is 0 Å². The van der Waals surface area contributed by atoms with Gasteiger partial charge in [0.25, 0.3) is 0 Å². The van der Waals surface area contributed by atoms with Crippen LogP contribution in [0.4, 0.5) is 0 Å². The molecule has 230 valence electrons. The van der Waals surface area contributed by atoms with Crippen molar-refractivity contribution in [3.05, 3.63) is 176 Å². The van der Waals surface area contributed by atoms with Gasteiger partial charge in [0.05, 0.1) is 11.4 Å². The van der Waals surface area contributed by atoms with Crippen molar-refractivity contribution in [3.63, 3.8) is 0 Å². The molecule has 4 heteroatoms. The van der Waals surface area contributed by atoms with Crippen molar-refractivity contribution in [1.29, 1.82) is 0 Å². The Hall–Kier alpha value is -6.23. The highest BCUT2D eigenvalue weighted by molar-refractivity contribution is 7.26. The van der Waals surface area contributed by atoms with Gasteiger partial charge in [-0.25, -0.2) is 9.97 Å². The molecule has 0 spiro atoms. The number of hydrogen-bond acceptors (Lipinski definition) is 4. The van der Waals surface area contributed by atoms with E-state index < -0.39 is 0 Å². The van der Waals surface area contributed by atoms with Crippen LogP contribution in [0.15, 0.2) is 176 Å². The first-order valence-electron chi connectivity index (χ1n) is 16.3. The smallest absolute Gasteiger partial charge is 0.160 e. The molecular weight excluding hydrogens is 615 g/mol. The quantitative estimate of drug-likeness (QED) is 0.181. The molecule has 0 aliphatic carbocycles. The summed E-state index contributed by atoms with van der Waals surface area (Å²) < 4.78 is 2.59. The normalized spacial score (nSPS) is 11.3. The molecule has 0 unspecified atom stereocenters. The number of rotatable bonds is 6. The van der Waals surface area contributed by atoms with Gasteiger partial charge in [0.1, 0.15) is 0 Å². The largest absolute Gasteiger partial charge is 0.264 e. The predicted octanol–water partition coefficient (Wildman–Crippen LogP) is 12.2. The second-order valence-corrected chi connectivity index (χ2v) is 13.1. The highest BCUT2D eigenvalue weighted by atomic mass is 32.1. The fourth-order valence-corrected chi connectivity index (χ4v) is 7.79. The molecule has 0 radical (unpaired) electrons. The minimum atomic E-state index is 0.693. The van der Waals surface area contributed by atoms with Gasteiger partial charge in [-0.05, 0) is 70.3 Å². The molecule has 0 fully saturated rings. The first-order chi connectivity index (χ1) is 24.3. The van der Waals surface area contributed by atoms with Crippen molar-refractivity contribution in [2.24, 2.45) is 0 Å². The van der Waals surface area contributed by atoms with Gasteiger partial charge >= 0.3 is 0 Å². The van der Waals surface area contributed by atoms with Crippen LogP contribution in [0.5, 0.6) is 0 Å². The highest BCUT2D eigenvalue weighted by Gasteiger charge is 2.16. The Morgan fingerprint density at radius 3 is 1.82 bits per heavy atom. The first kappa shape index (κ1) is 29.0. The molecular formula is C45H29N3S. The summed E-state index contributed by atoms with van der Waals surface area (Å²) in [5.74, 6) is 0.693. The number of nitrogens with zero attached hydrogens (tertiary/aromatic N) is 3. The zero-order valence-electron chi connectivity index (χ0n) is 26.5. The molecule has 0 aliphatic heterocycles. The van der Waals surface area contributed by atoms with E-state index in [1.165, 1.54) is 25.7 Å². The monoisotopic (exact) mass is 643 g/mol. The van der Waals surface area contributed by atoms with Crippen LogP contribution in [0.2, 0.25) is 0 Å². The molecule has 0 bridgehead atoms. The van der Waals surface area contributed by atoms with E-state index in [0.717, 1.165) is 55.9 Å². The van der Waals surface area contributed by atoms with Gasteiger partial charge < -0.3 is 0 Å². The van der Waals surface area contributed by atoms with Crippen molar-refractivity contribution in [2.45, 2.75) is 0 Å². The maximum Gasteiger partial charge on any atom is 0.160 e. The van der Waals surface area contributed by atoms with E-state index in [2.05, 4.69) is 145 Å². The van der Waals surface area contributed by atoms with Crippen LogP contribution in [0, 0.1) is 0 Å². The van der Waals surface area contributed by atoms with E-state index in [-0.39, 0.29) is 0 Å². The van der Waals surface area contributed by atoms with Gasteiger partial charge in [-0.3, -0.25) is 4.98 Å². The molecule has 3 aromatic heterocycles. The fourth-order valence-electron chi connectivity index (χ4n) is 6.55. The lowest BCUT2D eigenvalue weighted by molar-refractivity contribution is 1.18. The Labute approximate surface area is 288 Å². The second kappa shape index (κ2) is 12.4. The molecule has 0 N–H and O–H groups in total. The number of hydrogen-bond donors (Lipinski definition) is 0. The SMILES string of the molecule is c1ccc(-c2cc(-c3cc(-c4cccc(-c5cccnc5)c4)nc(-c4ccccc4)n3)cc(-c3cccc4c3sc3ccccc34)c2)cc1. The molecule has 0 atom stereocenters. The maximum absolute atomic E-state index is 5.23. The molecule has 0 aliphatic rings. The van der Waals surface area contributed by atoms with Crippen LogP contribution < -0.4 is 0 Å². The number of thiophene rings is 1. The van der Waals surface area contributed by atoms with Crippen LogP contribution in [0.3, 0.4) is 0 Å². The minimum Gasteiger partial charge on any atom is -0.264 e. The summed E-state index contributed by atoms with van der Waals surface area (Å²) in [5.41, 5.74) is 11.6. The van der Waals surface area contributed by atoms with Crippen LogP contribution >= 0.6 is 11.3 Å². The van der Waals surface area contributed by atoms with E-state index >= 15 is 0 Å². The molecule has 3 heterocycles. The first-order valence-corrected chi connectivity index (χ1v) is 17.2. The third-order valence-corrected chi connectivity index (χ3v) is 10.2. The Morgan fingerprint density at radius 1 is 0.388 bits per heavy atom. The van der Waals surface area contributed by atoms with Crippen LogP contribution in [0.1, 0.15) is 0 Å². The van der Waals surface area contributed by atoms with Crippen molar-refractivity contribution in [3.8, 4) is 67.3 Å². The summed E-state index contributed by atoms with van der Waals surface area (Å²) in [6, 6.07) is 57.7. The van der Waals surface area contributed by atoms with Gasteiger partial charge in [-0.1, -0.05) is 121 Å². The molecule has 3 nitrogen and oxygen atoms in total. The summed E-state index contributed by atoms with van der Waals surface area (Å²) in [6.07, 6.45) is 3.70. The zero-order chi connectivity index (χ0) is 32.6. The summed E-state index contributed by atoms with van der Waals surface area (Å²) in [4.78, 5) is 14.7. The van der Waals surface area contributed by atoms with Crippen LogP contribution in [-0.2, 0) is 0 Å². The number of benzene rings is 6. The average Bonchev–Trinajstić information content (AvgIpc) is 3.58. The van der Waals surface area contributed by atoms with E-state index in [9.17, 15) is 0 Å². The van der Waals surface area contributed by atoms with Crippen molar-refractivity contribution in [1.82, 2.24) is 15.0 Å². The number of pyridine rings is 1. The molecule has 49 heavy (non-hydrogen) atoms. The van der Waals surface area contributed by atoms with Crippen molar-refractivity contribution < 1.29 is 0 Å². The number of fused-ring (bicyclic) bond motifs is 3. The molecule has 0 saturated carbocycles. The van der Waals surface area contributed by atoms with E-state index in [4.69, 9.17) is 9.97 Å². The lowest BCUT2D eigenvalue weighted by Crippen LogP contribution is -1.97. The minimum absolute atomic E-state index is 0.693. The molecule has 6 aromatic carbocycles. The Balaban J connectivity index is 1.27. The molecule has 0 saturated heterocycles. The lowest BCUT2D eigenvalue weighted by atomic mass is 9.93. The standard InChI is InChI=1S/C45H29N3S/c1-3-12-30(13-4-1)35-25-36(38-20-10-21-40-39-19-7-8-22-43(39)49-44(38)40)27-37(26-35)42-28-41(47-45(48-42)31-14-5-2-6-15-31)33-17-9-16-32(24-33)34-18-11-23-46-29-34/h1-29H. The van der Waals surface area contributed by atoms with E-state index in [1.54, 1.807) is 6.20 Å². The Kier molecular flexibility index (Phi) is 7.34. The number of aromatic nitrogens is 3. The lowest BCUT2D eigenvalue weighted by Gasteiger charge is -2.14. The molecule has 9 rings (SSSR count). The Bertz CT molecular complexity index is 2590. The summed E-state index contributed by atoms with van der Waals surface area (Å²) in [7, 11) is 0. The van der Waals surface area contributed by atoms with Crippen molar-refractivity contribution in [2.75, 3.05) is 0 Å².